The third-order valence-electron chi connectivity index (χ3n) is 1.95. The molecular weight excluding hydrogens is 242 g/mol. The Labute approximate surface area is 101 Å². The summed E-state index contributed by atoms with van der Waals surface area (Å²) in [5, 5.41) is 17.8. The number of ether oxygens (including phenoxy) is 1. The van der Waals surface area contributed by atoms with E-state index in [0.717, 1.165) is 16.2 Å². The lowest BCUT2D eigenvalue weighted by atomic mass is 10.3. The zero-order chi connectivity index (χ0) is 12.3. The van der Waals surface area contributed by atoms with Crippen molar-refractivity contribution in [2.75, 3.05) is 0 Å². The van der Waals surface area contributed by atoms with Crippen molar-refractivity contribution in [1.29, 1.82) is 0 Å². The van der Waals surface area contributed by atoms with E-state index in [4.69, 9.17) is 14.9 Å². The highest BCUT2D eigenvalue weighted by Crippen LogP contribution is 2.19. The molecule has 0 saturated heterocycles. The largest absolute Gasteiger partial charge is 0.508 e. The second-order valence-electron chi connectivity index (χ2n) is 3.22. The van der Waals surface area contributed by atoms with E-state index >= 15 is 0 Å². The number of thiazole rings is 1. The molecule has 0 unspecified atom stereocenters. The van der Waals surface area contributed by atoms with E-state index in [1.807, 2.05) is 0 Å². The molecule has 2 N–H and O–H groups in total. The average Bonchev–Trinajstić information content (AvgIpc) is 2.77. The average molecular weight is 251 g/mol. The number of carbonyl (C=O) groups is 1. The van der Waals surface area contributed by atoms with Crippen molar-refractivity contribution in [3.05, 3.63) is 40.3 Å². The third-order valence-corrected chi connectivity index (χ3v) is 2.91. The second-order valence-corrected chi connectivity index (χ2v) is 4.33. The van der Waals surface area contributed by atoms with Crippen molar-refractivity contribution < 1.29 is 19.7 Å². The number of phenols is 1. The summed E-state index contributed by atoms with van der Waals surface area (Å²) in [5.74, 6) is -0.262. The zero-order valence-corrected chi connectivity index (χ0v) is 9.48. The first-order valence-corrected chi connectivity index (χ1v) is 5.56. The van der Waals surface area contributed by atoms with Gasteiger partial charge in [-0.15, -0.1) is 11.3 Å². The van der Waals surface area contributed by atoms with Gasteiger partial charge in [-0.25, -0.2) is 9.78 Å². The molecule has 0 radical (unpaired) electrons. The number of hydrogen-bond donors (Lipinski definition) is 2. The molecule has 0 spiro atoms. The predicted molar refractivity (Wildman–Crippen MR) is 61.5 cm³/mol. The number of nitrogens with zero attached hydrogens (tertiary/aromatic N) is 1. The standard InChI is InChI=1S/C11H9NO4S/c13-7-1-3-8(4-2-7)16-6-9-5-12-10(17-9)11(14)15/h1-5,13H,6H2,(H,14,15). The molecule has 0 saturated carbocycles. The molecule has 0 fully saturated rings. The van der Waals surface area contributed by atoms with Crippen LogP contribution in [0.25, 0.3) is 0 Å². The number of carboxylic acid groups (broad SMARTS) is 1. The summed E-state index contributed by atoms with van der Waals surface area (Å²) < 4.78 is 5.41. The number of aromatic nitrogens is 1. The van der Waals surface area contributed by atoms with Crippen LogP contribution in [0.4, 0.5) is 0 Å². The molecule has 1 aromatic carbocycles. The van der Waals surface area contributed by atoms with E-state index in [-0.39, 0.29) is 17.4 Å². The molecule has 17 heavy (non-hydrogen) atoms. The fourth-order valence-electron chi connectivity index (χ4n) is 1.17. The Balaban J connectivity index is 1.97. The van der Waals surface area contributed by atoms with Gasteiger partial charge in [0.05, 0.1) is 4.88 Å². The summed E-state index contributed by atoms with van der Waals surface area (Å²) in [6.07, 6.45) is 1.48. The molecule has 1 heterocycles. The maximum Gasteiger partial charge on any atom is 0.365 e. The van der Waals surface area contributed by atoms with Gasteiger partial charge in [0.2, 0.25) is 5.01 Å². The highest BCUT2D eigenvalue weighted by atomic mass is 32.1. The molecule has 0 aliphatic heterocycles. The smallest absolute Gasteiger partial charge is 0.365 e. The Hall–Kier alpha value is -2.08. The van der Waals surface area contributed by atoms with Gasteiger partial charge in [0, 0.05) is 6.20 Å². The lowest BCUT2D eigenvalue weighted by Gasteiger charge is -2.03. The fourth-order valence-corrected chi connectivity index (χ4v) is 1.83. The predicted octanol–water partition coefficient (Wildman–Crippen LogP) is 2.13. The molecule has 88 valence electrons. The molecular formula is C11H9NO4S. The number of hydrogen-bond acceptors (Lipinski definition) is 5. The summed E-state index contributed by atoms with van der Waals surface area (Å²) in [7, 11) is 0. The van der Waals surface area contributed by atoms with Crippen LogP contribution in [-0.2, 0) is 6.61 Å². The number of benzene rings is 1. The van der Waals surface area contributed by atoms with Crippen molar-refractivity contribution in [1.82, 2.24) is 4.98 Å². The Morgan fingerprint density at radius 3 is 2.65 bits per heavy atom. The summed E-state index contributed by atoms with van der Waals surface area (Å²) >= 11 is 1.08. The van der Waals surface area contributed by atoms with E-state index in [2.05, 4.69) is 4.98 Å². The molecule has 2 aromatic rings. The molecule has 0 aliphatic rings. The minimum absolute atomic E-state index is 0.0503. The van der Waals surface area contributed by atoms with Crippen LogP contribution in [0.5, 0.6) is 11.5 Å². The first-order chi connectivity index (χ1) is 8.15. The van der Waals surface area contributed by atoms with Gasteiger partial charge >= 0.3 is 5.97 Å². The summed E-state index contributed by atoms with van der Waals surface area (Å²) in [6, 6.07) is 6.30. The molecule has 0 amide bonds. The van der Waals surface area contributed by atoms with Crippen molar-refractivity contribution in [3.63, 3.8) is 0 Å². The van der Waals surface area contributed by atoms with Gasteiger partial charge in [0.25, 0.3) is 0 Å². The van der Waals surface area contributed by atoms with Gasteiger partial charge in [0.15, 0.2) is 0 Å². The maximum atomic E-state index is 10.6. The van der Waals surface area contributed by atoms with Gasteiger partial charge in [-0.05, 0) is 24.3 Å². The van der Waals surface area contributed by atoms with E-state index < -0.39 is 5.97 Å². The molecule has 0 atom stereocenters. The molecule has 1 aromatic heterocycles. The number of rotatable bonds is 4. The molecule has 2 rings (SSSR count). The quantitative estimate of drug-likeness (QED) is 0.870. The fraction of sp³-hybridized carbons (Fsp3) is 0.0909. The Kier molecular flexibility index (Phi) is 3.24. The van der Waals surface area contributed by atoms with E-state index in [9.17, 15) is 4.79 Å². The van der Waals surface area contributed by atoms with E-state index in [1.165, 1.54) is 18.3 Å². The van der Waals surface area contributed by atoms with Crippen molar-refractivity contribution in [3.8, 4) is 11.5 Å². The molecule has 6 heteroatoms. The molecule has 5 nitrogen and oxygen atoms in total. The highest BCUT2D eigenvalue weighted by Gasteiger charge is 2.09. The number of carboxylic acids is 1. The lowest BCUT2D eigenvalue weighted by molar-refractivity contribution is 0.0696. The van der Waals surface area contributed by atoms with Crippen LogP contribution in [0.15, 0.2) is 30.5 Å². The first kappa shape index (κ1) is 11.4. The van der Waals surface area contributed by atoms with Crippen molar-refractivity contribution in [2.24, 2.45) is 0 Å². The van der Waals surface area contributed by atoms with Crippen LogP contribution in [0, 0.1) is 0 Å². The number of phenolic OH excluding ortho intramolecular Hbond substituents is 1. The highest BCUT2D eigenvalue weighted by molar-refractivity contribution is 7.13. The van der Waals surface area contributed by atoms with Crippen LogP contribution in [0.2, 0.25) is 0 Å². The summed E-state index contributed by atoms with van der Waals surface area (Å²) in [6.45, 7) is 0.260. The van der Waals surface area contributed by atoms with Gasteiger partial charge in [-0.3, -0.25) is 0 Å². The van der Waals surface area contributed by atoms with Gasteiger partial charge in [-0.1, -0.05) is 0 Å². The third kappa shape index (κ3) is 2.94. The lowest BCUT2D eigenvalue weighted by Crippen LogP contribution is -1.93. The van der Waals surface area contributed by atoms with Crippen LogP contribution in [0.1, 0.15) is 14.7 Å². The normalized spacial score (nSPS) is 10.1. The van der Waals surface area contributed by atoms with Crippen LogP contribution in [-0.4, -0.2) is 21.2 Å². The zero-order valence-electron chi connectivity index (χ0n) is 8.66. The van der Waals surface area contributed by atoms with Crippen LogP contribution < -0.4 is 4.74 Å². The first-order valence-electron chi connectivity index (χ1n) is 4.75. The SMILES string of the molecule is O=C(O)c1ncc(COc2ccc(O)cc2)s1. The van der Waals surface area contributed by atoms with Crippen molar-refractivity contribution in [2.45, 2.75) is 6.61 Å². The second kappa shape index (κ2) is 4.84. The molecule has 0 bridgehead atoms. The number of aromatic hydroxyl groups is 1. The van der Waals surface area contributed by atoms with Gasteiger partial charge < -0.3 is 14.9 Å². The minimum atomic E-state index is -1.04. The van der Waals surface area contributed by atoms with Crippen LogP contribution >= 0.6 is 11.3 Å². The van der Waals surface area contributed by atoms with Crippen molar-refractivity contribution >= 4 is 17.3 Å². The van der Waals surface area contributed by atoms with E-state index in [0.29, 0.717) is 5.75 Å². The topological polar surface area (TPSA) is 79.7 Å². The Morgan fingerprint density at radius 2 is 2.06 bits per heavy atom. The van der Waals surface area contributed by atoms with Gasteiger partial charge in [-0.2, -0.15) is 0 Å². The monoisotopic (exact) mass is 251 g/mol. The summed E-state index contributed by atoms with van der Waals surface area (Å²) in [5.41, 5.74) is 0. The minimum Gasteiger partial charge on any atom is -0.508 e. The van der Waals surface area contributed by atoms with Gasteiger partial charge in [0.1, 0.15) is 18.1 Å². The van der Waals surface area contributed by atoms with Crippen LogP contribution in [0.3, 0.4) is 0 Å². The van der Waals surface area contributed by atoms with E-state index in [1.54, 1.807) is 12.1 Å². The molecule has 0 aliphatic carbocycles. The number of aromatic carboxylic acids is 1. The Morgan fingerprint density at radius 1 is 1.35 bits per heavy atom. The maximum absolute atomic E-state index is 10.6. The summed E-state index contributed by atoms with van der Waals surface area (Å²) in [4.78, 5) is 15.1. The Bertz CT molecular complexity index is 521.